The highest BCUT2D eigenvalue weighted by Gasteiger charge is 2.10. The maximum atomic E-state index is 12.2. The summed E-state index contributed by atoms with van der Waals surface area (Å²) in [7, 11) is 1.58. The quantitative estimate of drug-likeness (QED) is 0.508. The fourth-order valence-corrected chi connectivity index (χ4v) is 2.46. The second-order valence-corrected chi connectivity index (χ2v) is 6.03. The normalized spacial score (nSPS) is 10.8. The summed E-state index contributed by atoms with van der Waals surface area (Å²) >= 11 is 3.39. The number of hydrogen-bond donors (Lipinski definition) is 2. The van der Waals surface area contributed by atoms with Crippen molar-refractivity contribution in [3.05, 3.63) is 70.3 Å². The Bertz CT molecular complexity index is 903. The fourth-order valence-electron chi connectivity index (χ4n) is 2.20. The van der Waals surface area contributed by atoms with Crippen LogP contribution in [0.2, 0.25) is 0 Å². The van der Waals surface area contributed by atoms with Gasteiger partial charge in [0.25, 0.3) is 5.91 Å². The predicted molar refractivity (Wildman–Crippen MR) is 99.8 cm³/mol. The lowest BCUT2D eigenvalue weighted by atomic mass is 10.1. The number of halogens is 1. The SMILES string of the molecule is COc1ccccc1C=NNC(=O)c1cc(-c2ccc(Br)cc2)n[nH]1. The molecule has 0 aliphatic heterocycles. The van der Waals surface area contributed by atoms with Crippen LogP contribution in [-0.2, 0) is 0 Å². The van der Waals surface area contributed by atoms with E-state index in [1.807, 2.05) is 48.5 Å². The molecule has 25 heavy (non-hydrogen) atoms. The molecule has 0 spiro atoms. The zero-order chi connectivity index (χ0) is 17.6. The molecular formula is C18H15BrN4O2. The van der Waals surface area contributed by atoms with Gasteiger partial charge in [0, 0.05) is 15.6 Å². The molecule has 0 saturated carbocycles. The maximum absolute atomic E-state index is 12.2. The average molecular weight is 399 g/mol. The van der Waals surface area contributed by atoms with Crippen LogP contribution in [0.4, 0.5) is 0 Å². The summed E-state index contributed by atoms with van der Waals surface area (Å²) in [5.41, 5.74) is 5.17. The molecule has 0 radical (unpaired) electrons. The van der Waals surface area contributed by atoms with Crippen molar-refractivity contribution >= 4 is 28.1 Å². The molecule has 126 valence electrons. The lowest BCUT2D eigenvalue weighted by Gasteiger charge is -2.02. The number of hydrazone groups is 1. The minimum atomic E-state index is -0.373. The van der Waals surface area contributed by atoms with Crippen LogP contribution in [0.5, 0.6) is 5.75 Å². The van der Waals surface area contributed by atoms with E-state index < -0.39 is 0 Å². The molecule has 2 aromatic carbocycles. The van der Waals surface area contributed by atoms with Crippen LogP contribution < -0.4 is 10.2 Å². The van der Waals surface area contributed by atoms with Gasteiger partial charge in [0.2, 0.25) is 0 Å². The van der Waals surface area contributed by atoms with Crippen LogP contribution in [0.25, 0.3) is 11.3 Å². The van der Waals surface area contributed by atoms with Crippen molar-refractivity contribution < 1.29 is 9.53 Å². The molecule has 0 saturated heterocycles. The molecule has 0 aliphatic rings. The first kappa shape index (κ1) is 16.9. The molecule has 0 atom stereocenters. The Morgan fingerprint density at radius 2 is 2.00 bits per heavy atom. The first-order valence-electron chi connectivity index (χ1n) is 7.45. The molecule has 2 N–H and O–H groups in total. The molecule has 7 heteroatoms. The maximum Gasteiger partial charge on any atom is 0.289 e. The van der Waals surface area contributed by atoms with E-state index in [0.717, 1.165) is 15.6 Å². The van der Waals surface area contributed by atoms with E-state index in [-0.39, 0.29) is 5.91 Å². The average Bonchev–Trinajstić information content (AvgIpc) is 3.13. The number of rotatable bonds is 5. The van der Waals surface area contributed by atoms with E-state index in [1.54, 1.807) is 13.2 Å². The topological polar surface area (TPSA) is 79.4 Å². The largest absolute Gasteiger partial charge is 0.496 e. The van der Waals surface area contributed by atoms with Crippen LogP contribution in [0.15, 0.2) is 64.2 Å². The molecule has 1 heterocycles. The van der Waals surface area contributed by atoms with Crippen molar-refractivity contribution in [3.63, 3.8) is 0 Å². The molecule has 3 aromatic rings. The van der Waals surface area contributed by atoms with Gasteiger partial charge in [0.1, 0.15) is 11.4 Å². The van der Waals surface area contributed by atoms with Crippen LogP contribution >= 0.6 is 15.9 Å². The monoisotopic (exact) mass is 398 g/mol. The minimum Gasteiger partial charge on any atom is -0.496 e. The number of aromatic amines is 1. The Balaban J connectivity index is 1.68. The van der Waals surface area contributed by atoms with E-state index in [0.29, 0.717) is 17.1 Å². The third-order valence-electron chi connectivity index (χ3n) is 3.47. The second-order valence-electron chi connectivity index (χ2n) is 5.11. The number of nitrogens with one attached hydrogen (secondary N) is 2. The van der Waals surface area contributed by atoms with Crippen molar-refractivity contribution in [3.8, 4) is 17.0 Å². The molecule has 3 rings (SSSR count). The van der Waals surface area contributed by atoms with Gasteiger partial charge in [-0.1, -0.05) is 40.2 Å². The van der Waals surface area contributed by atoms with Crippen molar-refractivity contribution in [1.82, 2.24) is 15.6 Å². The molecule has 6 nitrogen and oxygen atoms in total. The van der Waals surface area contributed by atoms with Gasteiger partial charge in [0.05, 0.1) is 19.0 Å². The standard InChI is InChI=1S/C18H15BrN4O2/c1-25-17-5-3-2-4-13(17)11-20-23-18(24)16-10-15(21-22-16)12-6-8-14(19)9-7-12/h2-11H,1H3,(H,21,22)(H,23,24). The number of H-pyrrole nitrogens is 1. The third-order valence-corrected chi connectivity index (χ3v) is 4.00. The van der Waals surface area contributed by atoms with Gasteiger partial charge in [-0.25, -0.2) is 5.43 Å². The van der Waals surface area contributed by atoms with Crippen LogP contribution in [0, 0.1) is 0 Å². The Labute approximate surface area is 153 Å². The summed E-state index contributed by atoms with van der Waals surface area (Å²) in [6, 6.07) is 16.7. The van der Waals surface area contributed by atoms with Crippen molar-refractivity contribution in [2.45, 2.75) is 0 Å². The number of ether oxygens (including phenoxy) is 1. The summed E-state index contributed by atoms with van der Waals surface area (Å²) in [5, 5.41) is 10.8. The number of aromatic nitrogens is 2. The summed E-state index contributed by atoms with van der Waals surface area (Å²) in [6.07, 6.45) is 1.53. The number of carbonyl (C=O) groups is 1. The number of benzene rings is 2. The highest BCUT2D eigenvalue weighted by molar-refractivity contribution is 9.10. The highest BCUT2D eigenvalue weighted by atomic mass is 79.9. The van der Waals surface area contributed by atoms with Crippen molar-refractivity contribution in [2.24, 2.45) is 5.10 Å². The second kappa shape index (κ2) is 7.76. The summed E-state index contributed by atoms with van der Waals surface area (Å²) in [6.45, 7) is 0. The van der Waals surface area contributed by atoms with E-state index in [2.05, 4.69) is 36.7 Å². The minimum absolute atomic E-state index is 0.329. The van der Waals surface area contributed by atoms with E-state index in [4.69, 9.17) is 4.74 Å². The number of nitrogens with zero attached hydrogens (tertiary/aromatic N) is 2. The Morgan fingerprint density at radius 3 is 2.76 bits per heavy atom. The Kier molecular flexibility index (Phi) is 5.25. The number of methoxy groups -OCH3 is 1. The highest BCUT2D eigenvalue weighted by Crippen LogP contribution is 2.20. The predicted octanol–water partition coefficient (Wildman–Crippen LogP) is 3.61. The smallest absolute Gasteiger partial charge is 0.289 e. The first-order valence-corrected chi connectivity index (χ1v) is 8.24. The van der Waals surface area contributed by atoms with Gasteiger partial charge in [-0.15, -0.1) is 0 Å². The lowest BCUT2D eigenvalue weighted by Crippen LogP contribution is -2.18. The molecule has 1 amide bonds. The third kappa shape index (κ3) is 4.13. The Hall–Kier alpha value is -2.93. The van der Waals surface area contributed by atoms with Gasteiger partial charge in [0.15, 0.2) is 0 Å². The van der Waals surface area contributed by atoms with Crippen molar-refractivity contribution in [2.75, 3.05) is 7.11 Å². The molecule has 0 unspecified atom stereocenters. The van der Waals surface area contributed by atoms with E-state index in [9.17, 15) is 4.79 Å². The number of carbonyl (C=O) groups excluding carboxylic acids is 1. The van der Waals surface area contributed by atoms with Gasteiger partial charge in [-0.2, -0.15) is 10.2 Å². The summed E-state index contributed by atoms with van der Waals surface area (Å²) in [5.74, 6) is 0.307. The van der Waals surface area contributed by atoms with Gasteiger partial charge >= 0.3 is 0 Å². The molecule has 1 aromatic heterocycles. The van der Waals surface area contributed by atoms with Crippen LogP contribution in [-0.4, -0.2) is 29.4 Å². The fraction of sp³-hybridized carbons (Fsp3) is 0.0556. The molecule has 0 fully saturated rings. The lowest BCUT2D eigenvalue weighted by molar-refractivity contribution is 0.0950. The van der Waals surface area contributed by atoms with Crippen molar-refractivity contribution in [1.29, 1.82) is 0 Å². The summed E-state index contributed by atoms with van der Waals surface area (Å²) in [4.78, 5) is 12.2. The van der Waals surface area contributed by atoms with Gasteiger partial charge in [-0.3, -0.25) is 9.89 Å². The van der Waals surface area contributed by atoms with Crippen LogP contribution in [0.1, 0.15) is 16.1 Å². The van der Waals surface area contributed by atoms with Gasteiger partial charge < -0.3 is 4.74 Å². The van der Waals surface area contributed by atoms with E-state index >= 15 is 0 Å². The first-order chi connectivity index (χ1) is 12.2. The zero-order valence-corrected chi connectivity index (χ0v) is 14.9. The van der Waals surface area contributed by atoms with E-state index in [1.165, 1.54) is 6.21 Å². The van der Waals surface area contributed by atoms with Gasteiger partial charge in [-0.05, 0) is 30.3 Å². The molecular weight excluding hydrogens is 384 g/mol. The zero-order valence-electron chi connectivity index (χ0n) is 13.4. The van der Waals surface area contributed by atoms with Crippen LogP contribution in [0.3, 0.4) is 0 Å². The molecule has 0 aliphatic carbocycles. The number of amides is 1. The number of para-hydroxylation sites is 1. The molecule has 0 bridgehead atoms. The summed E-state index contributed by atoms with van der Waals surface area (Å²) < 4.78 is 6.21. The number of hydrogen-bond acceptors (Lipinski definition) is 4. The Morgan fingerprint density at radius 1 is 1.24 bits per heavy atom.